The van der Waals surface area contributed by atoms with Crippen LogP contribution in [0.4, 0.5) is 5.82 Å². The number of rotatable bonds is 5. The summed E-state index contributed by atoms with van der Waals surface area (Å²) in [6, 6.07) is 0. The first-order valence-corrected chi connectivity index (χ1v) is 9.09. The Hall–Kier alpha value is -1.08. The minimum absolute atomic E-state index is 0.104. The average Bonchev–Trinajstić information content (AvgIpc) is 2.81. The molecule has 0 unspecified atom stereocenters. The van der Waals surface area contributed by atoms with Crippen LogP contribution in [0.3, 0.4) is 0 Å². The van der Waals surface area contributed by atoms with Crippen molar-refractivity contribution in [1.82, 2.24) is 14.1 Å². The Morgan fingerprint density at radius 2 is 1.95 bits per heavy atom. The van der Waals surface area contributed by atoms with E-state index >= 15 is 0 Å². The van der Waals surface area contributed by atoms with Crippen molar-refractivity contribution in [2.24, 2.45) is 5.41 Å². The molecule has 1 aromatic rings. The molecular weight excluding hydrogens is 288 g/mol. The number of nitrogens with two attached hydrogens (primary N) is 1. The fourth-order valence-corrected chi connectivity index (χ4v) is 4.22. The van der Waals surface area contributed by atoms with E-state index in [1.807, 2.05) is 6.92 Å². The van der Waals surface area contributed by atoms with Crippen molar-refractivity contribution in [3.63, 3.8) is 0 Å². The number of aryl methyl sites for hydroxylation is 1. The predicted molar refractivity (Wildman–Crippen MR) is 83.3 cm³/mol. The van der Waals surface area contributed by atoms with Gasteiger partial charge in [0.15, 0.2) is 5.82 Å². The first-order valence-electron chi connectivity index (χ1n) is 7.65. The van der Waals surface area contributed by atoms with Gasteiger partial charge in [0, 0.05) is 25.8 Å². The number of aromatic nitrogens is 2. The fourth-order valence-electron chi connectivity index (χ4n) is 2.72. The molecule has 0 saturated carbocycles. The van der Waals surface area contributed by atoms with Gasteiger partial charge in [-0.3, -0.25) is 4.68 Å². The summed E-state index contributed by atoms with van der Waals surface area (Å²) < 4.78 is 28.6. The van der Waals surface area contributed by atoms with Crippen LogP contribution in [0, 0.1) is 5.41 Å². The average molecular weight is 314 g/mol. The first kappa shape index (κ1) is 16.3. The van der Waals surface area contributed by atoms with E-state index in [4.69, 9.17) is 5.73 Å². The second-order valence-electron chi connectivity index (χ2n) is 6.21. The molecule has 0 radical (unpaired) electrons. The van der Waals surface area contributed by atoms with Gasteiger partial charge >= 0.3 is 0 Å². The topological polar surface area (TPSA) is 81.2 Å². The molecule has 7 heteroatoms. The highest BCUT2D eigenvalue weighted by Crippen LogP contribution is 2.36. The summed E-state index contributed by atoms with van der Waals surface area (Å²) in [5.41, 5.74) is 6.06. The molecule has 6 nitrogen and oxygen atoms in total. The van der Waals surface area contributed by atoms with Crippen LogP contribution in [-0.2, 0) is 16.6 Å². The summed E-state index contributed by atoms with van der Waals surface area (Å²) in [5, 5.41) is 4.09. The maximum Gasteiger partial charge on any atom is 0.248 e. The van der Waals surface area contributed by atoms with Crippen molar-refractivity contribution in [1.29, 1.82) is 0 Å². The highest BCUT2D eigenvalue weighted by Gasteiger charge is 2.36. The van der Waals surface area contributed by atoms with Crippen molar-refractivity contribution in [2.75, 3.05) is 18.8 Å². The molecule has 2 N–H and O–H groups in total. The van der Waals surface area contributed by atoms with Crippen LogP contribution >= 0.6 is 0 Å². The maximum absolute atomic E-state index is 12.7. The highest BCUT2D eigenvalue weighted by atomic mass is 32.2. The van der Waals surface area contributed by atoms with Crippen LogP contribution < -0.4 is 5.73 Å². The zero-order valence-corrected chi connectivity index (χ0v) is 14.0. The standard InChI is InChI=1S/C14H26N4O2S/c1-4-8-17-11-12(13(15)16-17)21(19,20)18-9-6-14(3,5-2)7-10-18/h11H,4-10H2,1-3H3,(H2,15,16). The zero-order chi connectivity index (χ0) is 15.7. The van der Waals surface area contributed by atoms with E-state index in [2.05, 4.69) is 18.9 Å². The van der Waals surface area contributed by atoms with Crippen molar-refractivity contribution in [2.45, 2.75) is 57.9 Å². The fraction of sp³-hybridized carbons (Fsp3) is 0.786. The van der Waals surface area contributed by atoms with Gasteiger partial charge in [-0.25, -0.2) is 8.42 Å². The Kier molecular flexibility index (Phi) is 4.63. The third kappa shape index (κ3) is 3.23. The second kappa shape index (κ2) is 5.96. The van der Waals surface area contributed by atoms with E-state index < -0.39 is 10.0 Å². The van der Waals surface area contributed by atoms with Gasteiger partial charge in [0.05, 0.1) is 0 Å². The summed E-state index contributed by atoms with van der Waals surface area (Å²) in [5.74, 6) is 0.104. The number of hydrogen-bond donors (Lipinski definition) is 1. The van der Waals surface area contributed by atoms with E-state index in [-0.39, 0.29) is 16.1 Å². The van der Waals surface area contributed by atoms with E-state index in [1.54, 1.807) is 15.2 Å². The van der Waals surface area contributed by atoms with Crippen molar-refractivity contribution < 1.29 is 8.42 Å². The lowest BCUT2D eigenvalue weighted by Crippen LogP contribution is -2.41. The molecular formula is C14H26N4O2S. The molecule has 21 heavy (non-hydrogen) atoms. The number of anilines is 1. The van der Waals surface area contributed by atoms with Gasteiger partial charge < -0.3 is 5.73 Å². The van der Waals surface area contributed by atoms with E-state index in [9.17, 15) is 8.42 Å². The molecule has 0 aromatic carbocycles. The van der Waals surface area contributed by atoms with Crippen LogP contribution in [0.25, 0.3) is 0 Å². The van der Waals surface area contributed by atoms with Gasteiger partial charge in [0.1, 0.15) is 4.90 Å². The lowest BCUT2D eigenvalue weighted by Gasteiger charge is -2.38. The number of sulfonamides is 1. The van der Waals surface area contributed by atoms with E-state index in [0.29, 0.717) is 19.6 Å². The lowest BCUT2D eigenvalue weighted by atomic mass is 9.79. The van der Waals surface area contributed by atoms with Crippen LogP contribution in [0.1, 0.15) is 46.5 Å². The molecule has 2 heterocycles. The van der Waals surface area contributed by atoms with Gasteiger partial charge in [-0.15, -0.1) is 0 Å². The third-order valence-electron chi connectivity index (χ3n) is 4.61. The summed E-state index contributed by atoms with van der Waals surface area (Å²) in [6.07, 6.45) is 5.32. The summed E-state index contributed by atoms with van der Waals surface area (Å²) in [6.45, 7) is 8.20. The third-order valence-corrected chi connectivity index (χ3v) is 6.52. The Morgan fingerprint density at radius 1 is 1.33 bits per heavy atom. The lowest BCUT2D eigenvalue weighted by molar-refractivity contribution is 0.169. The number of nitrogen functional groups attached to an aromatic ring is 1. The minimum Gasteiger partial charge on any atom is -0.381 e. The predicted octanol–water partition coefficient (Wildman–Crippen LogP) is 2.08. The minimum atomic E-state index is -3.52. The van der Waals surface area contributed by atoms with Crippen molar-refractivity contribution in [3.05, 3.63) is 6.20 Å². The molecule has 1 saturated heterocycles. The molecule has 0 aliphatic carbocycles. The highest BCUT2D eigenvalue weighted by molar-refractivity contribution is 7.89. The summed E-state index contributed by atoms with van der Waals surface area (Å²) in [7, 11) is -3.52. The molecule has 1 fully saturated rings. The normalized spacial score (nSPS) is 19.8. The van der Waals surface area contributed by atoms with Crippen LogP contribution in [0.5, 0.6) is 0 Å². The Labute approximate surface area is 127 Å². The SMILES string of the molecule is CCCn1cc(S(=O)(=O)N2CCC(C)(CC)CC2)c(N)n1. The van der Waals surface area contributed by atoms with Gasteiger partial charge in [-0.2, -0.15) is 9.40 Å². The Bertz CT molecular complexity index is 586. The molecule has 0 amide bonds. The molecule has 0 atom stereocenters. The number of piperidine rings is 1. The second-order valence-corrected chi connectivity index (χ2v) is 8.12. The quantitative estimate of drug-likeness (QED) is 0.902. The monoisotopic (exact) mass is 314 g/mol. The largest absolute Gasteiger partial charge is 0.381 e. The van der Waals surface area contributed by atoms with Crippen molar-refractivity contribution in [3.8, 4) is 0 Å². The van der Waals surface area contributed by atoms with Crippen LogP contribution in [-0.4, -0.2) is 35.6 Å². The van der Waals surface area contributed by atoms with Crippen molar-refractivity contribution >= 4 is 15.8 Å². The zero-order valence-electron chi connectivity index (χ0n) is 13.2. The van der Waals surface area contributed by atoms with Gasteiger partial charge in [-0.05, 0) is 24.7 Å². The van der Waals surface area contributed by atoms with Gasteiger partial charge in [0.2, 0.25) is 10.0 Å². The molecule has 2 rings (SSSR count). The summed E-state index contributed by atoms with van der Waals surface area (Å²) >= 11 is 0. The van der Waals surface area contributed by atoms with Crippen LogP contribution in [0.15, 0.2) is 11.1 Å². The van der Waals surface area contributed by atoms with Crippen LogP contribution in [0.2, 0.25) is 0 Å². The maximum atomic E-state index is 12.7. The molecule has 120 valence electrons. The van der Waals surface area contributed by atoms with E-state index in [1.165, 1.54) is 0 Å². The molecule has 1 aliphatic heterocycles. The van der Waals surface area contributed by atoms with Gasteiger partial charge in [0.25, 0.3) is 0 Å². The summed E-state index contributed by atoms with van der Waals surface area (Å²) in [4.78, 5) is 0.149. The first-order chi connectivity index (χ1) is 9.82. The number of nitrogens with zero attached hydrogens (tertiary/aromatic N) is 3. The molecule has 0 bridgehead atoms. The molecule has 1 aromatic heterocycles. The molecule has 0 spiro atoms. The Balaban J connectivity index is 2.19. The van der Waals surface area contributed by atoms with Gasteiger partial charge in [-0.1, -0.05) is 27.2 Å². The molecule has 1 aliphatic rings. The number of hydrogen-bond acceptors (Lipinski definition) is 4. The Morgan fingerprint density at radius 3 is 2.48 bits per heavy atom. The smallest absolute Gasteiger partial charge is 0.248 e. The van der Waals surface area contributed by atoms with E-state index in [0.717, 1.165) is 25.7 Å².